The standard InChI is InChI=1S/C12H9F3O4/c13-12(14,15)11(8-4-2-1-3-5-8)19-10(18)7-6-9(16)17/h1-7,11H,(H,16,17)/p-1/b7-6+. The van der Waals surface area contributed by atoms with Crippen molar-refractivity contribution in [1.82, 2.24) is 0 Å². The lowest BCUT2D eigenvalue weighted by atomic mass is 10.1. The van der Waals surface area contributed by atoms with Crippen LogP contribution in [0.2, 0.25) is 0 Å². The molecular weight excluding hydrogens is 265 g/mol. The fourth-order valence-electron chi connectivity index (χ4n) is 1.24. The van der Waals surface area contributed by atoms with Crippen molar-refractivity contribution in [2.45, 2.75) is 12.3 Å². The van der Waals surface area contributed by atoms with Gasteiger partial charge in [0.05, 0.1) is 5.97 Å². The summed E-state index contributed by atoms with van der Waals surface area (Å²) in [7, 11) is 0. The Morgan fingerprint density at radius 3 is 2.21 bits per heavy atom. The molecular formula is C12H8F3O4-. The average Bonchev–Trinajstić information content (AvgIpc) is 2.33. The van der Waals surface area contributed by atoms with E-state index in [0.717, 1.165) is 12.1 Å². The largest absolute Gasteiger partial charge is 0.545 e. The molecule has 0 N–H and O–H groups in total. The topological polar surface area (TPSA) is 66.4 Å². The minimum absolute atomic E-state index is 0.259. The van der Waals surface area contributed by atoms with E-state index in [1.54, 1.807) is 0 Å². The number of esters is 1. The number of carboxylic acids is 1. The Morgan fingerprint density at radius 2 is 1.74 bits per heavy atom. The number of hydrogen-bond donors (Lipinski definition) is 0. The van der Waals surface area contributed by atoms with Crippen molar-refractivity contribution < 1.29 is 32.6 Å². The summed E-state index contributed by atoms with van der Waals surface area (Å²) in [4.78, 5) is 21.1. The minimum atomic E-state index is -4.80. The van der Waals surface area contributed by atoms with E-state index < -0.39 is 24.2 Å². The van der Waals surface area contributed by atoms with Gasteiger partial charge in [-0.1, -0.05) is 30.3 Å². The van der Waals surface area contributed by atoms with E-state index in [1.807, 2.05) is 0 Å². The molecule has 0 saturated heterocycles. The summed E-state index contributed by atoms with van der Waals surface area (Å²) < 4.78 is 42.4. The molecule has 1 rings (SSSR count). The number of aliphatic carboxylic acids is 1. The summed E-state index contributed by atoms with van der Waals surface area (Å²) in [5, 5.41) is 10.0. The van der Waals surface area contributed by atoms with Gasteiger partial charge in [0.15, 0.2) is 0 Å². The van der Waals surface area contributed by atoms with E-state index in [2.05, 4.69) is 4.74 Å². The van der Waals surface area contributed by atoms with E-state index in [0.29, 0.717) is 12.2 Å². The molecule has 0 aliphatic carbocycles. The molecule has 19 heavy (non-hydrogen) atoms. The number of carbonyl (C=O) groups excluding carboxylic acids is 2. The first-order chi connectivity index (χ1) is 8.80. The van der Waals surface area contributed by atoms with Crippen LogP contribution in [-0.2, 0) is 14.3 Å². The van der Waals surface area contributed by atoms with E-state index in [-0.39, 0.29) is 5.56 Å². The maximum Gasteiger partial charge on any atom is 0.429 e. The zero-order valence-corrected chi connectivity index (χ0v) is 9.39. The van der Waals surface area contributed by atoms with Gasteiger partial charge in [-0.3, -0.25) is 0 Å². The molecule has 0 aromatic heterocycles. The summed E-state index contributed by atoms with van der Waals surface area (Å²) in [6, 6.07) is 6.52. The second kappa shape index (κ2) is 6.03. The molecule has 102 valence electrons. The fraction of sp³-hybridized carbons (Fsp3) is 0.167. The van der Waals surface area contributed by atoms with Crippen LogP contribution in [0.5, 0.6) is 0 Å². The van der Waals surface area contributed by atoms with Crippen LogP contribution in [0.3, 0.4) is 0 Å². The van der Waals surface area contributed by atoms with Gasteiger partial charge in [0, 0.05) is 11.6 Å². The van der Waals surface area contributed by atoms with Crippen molar-refractivity contribution in [2.24, 2.45) is 0 Å². The van der Waals surface area contributed by atoms with E-state index in [4.69, 9.17) is 0 Å². The Kier molecular flexibility index (Phi) is 4.68. The molecule has 1 atom stereocenters. The third-order valence-electron chi connectivity index (χ3n) is 1.99. The number of ether oxygens (including phenoxy) is 1. The van der Waals surface area contributed by atoms with E-state index in [9.17, 15) is 27.9 Å². The Balaban J connectivity index is 2.89. The van der Waals surface area contributed by atoms with Gasteiger partial charge in [0.1, 0.15) is 0 Å². The highest BCUT2D eigenvalue weighted by Crippen LogP contribution is 2.35. The van der Waals surface area contributed by atoms with Crippen LogP contribution in [0.4, 0.5) is 13.2 Å². The first kappa shape index (κ1) is 14.7. The highest BCUT2D eigenvalue weighted by atomic mass is 19.4. The second-order valence-electron chi connectivity index (χ2n) is 3.42. The van der Waals surface area contributed by atoms with Crippen LogP contribution >= 0.6 is 0 Å². The van der Waals surface area contributed by atoms with Gasteiger partial charge in [-0.25, -0.2) is 4.79 Å². The first-order valence-electron chi connectivity index (χ1n) is 5.02. The number of benzene rings is 1. The second-order valence-corrected chi connectivity index (χ2v) is 3.42. The lowest BCUT2D eigenvalue weighted by molar-refractivity contribution is -0.297. The summed E-state index contributed by atoms with van der Waals surface area (Å²) in [5.74, 6) is -3.13. The highest BCUT2D eigenvalue weighted by Gasteiger charge is 2.43. The van der Waals surface area contributed by atoms with Crippen LogP contribution in [0.25, 0.3) is 0 Å². The van der Waals surface area contributed by atoms with Crippen molar-refractivity contribution in [2.75, 3.05) is 0 Å². The summed E-state index contributed by atoms with van der Waals surface area (Å²) in [6.45, 7) is 0. The summed E-state index contributed by atoms with van der Waals surface area (Å²) in [5.41, 5.74) is -0.259. The van der Waals surface area contributed by atoms with Crippen molar-refractivity contribution in [3.63, 3.8) is 0 Å². The molecule has 0 aliphatic rings. The van der Waals surface area contributed by atoms with Gasteiger partial charge in [-0.05, 0) is 6.08 Å². The zero-order chi connectivity index (χ0) is 14.5. The Hall–Kier alpha value is -2.31. The molecule has 1 aromatic rings. The minimum Gasteiger partial charge on any atom is -0.545 e. The number of rotatable bonds is 4. The van der Waals surface area contributed by atoms with Gasteiger partial charge < -0.3 is 14.6 Å². The Labute approximate surface area is 106 Å². The number of carbonyl (C=O) groups is 2. The highest BCUT2D eigenvalue weighted by molar-refractivity contribution is 5.90. The van der Waals surface area contributed by atoms with Gasteiger partial charge >= 0.3 is 12.1 Å². The molecule has 0 spiro atoms. The number of hydrogen-bond acceptors (Lipinski definition) is 4. The maximum atomic E-state index is 12.7. The van der Waals surface area contributed by atoms with Crippen molar-refractivity contribution in [3.8, 4) is 0 Å². The van der Waals surface area contributed by atoms with Crippen LogP contribution < -0.4 is 5.11 Å². The summed E-state index contributed by atoms with van der Waals surface area (Å²) in [6.07, 6.45) is -6.60. The van der Waals surface area contributed by atoms with Crippen LogP contribution in [0, 0.1) is 0 Å². The maximum absolute atomic E-state index is 12.7. The molecule has 0 heterocycles. The molecule has 0 saturated carbocycles. The van der Waals surface area contributed by atoms with Crippen LogP contribution in [0.15, 0.2) is 42.5 Å². The van der Waals surface area contributed by atoms with Gasteiger partial charge in [-0.2, -0.15) is 13.2 Å². The first-order valence-corrected chi connectivity index (χ1v) is 5.02. The number of carboxylic acid groups (broad SMARTS) is 1. The molecule has 0 amide bonds. The number of halogens is 3. The molecule has 0 radical (unpaired) electrons. The van der Waals surface area contributed by atoms with Crippen molar-refractivity contribution in [1.29, 1.82) is 0 Å². The Bertz CT molecular complexity index is 479. The van der Waals surface area contributed by atoms with Crippen molar-refractivity contribution in [3.05, 3.63) is 48.0 Å². The lowest BCUT2D eigenvalue weighted by Gasteiger charge is -2.20. The molecule has 1 unspecified atom stereocenters. The third-order valence-corrected chi connectivity index (χ3v) is 1.99. The SMILES string of the molecule is O=C([O-])/C=C/C(=O)OC(c1ccccc1)C(F)(F)F. The van der Waals surface area contributed by atoms with E-state index in [1.165, 1.54) is 18.2 Å². The molecule has 4 nitrogen and oxygen atoms in total. The van der Waals surface area contributed by atoms with Crippen LogP contribution in [-0.4, -0.2) is 18.1 Å². The molecule has 0 bridgehead atoms. The predicted octanol–water partition coefficient (Wildman–Crippen LogP) is 1.14. The van der Waals surface area contributed by atoms with Gasteiger partial charge in [0.2, 0.25) is 6.10 Å². The average molecular weight is 273 g/mol. The zero-order valence-electron chi connectivity index (χ0n) is 9.39. The van der Waals surface area contributed by atoms with E-state index >= 15 is 0 Å². The smallest absolute Gasteiger partial charge is 0.429 e. The third kappa shape index (κ3) is 4.82. The summed E-state index contributed by atoms with van der Waals surface area (Å²) >= 11 is 0. The number of alkyl halides is 3. The monoisotopic (exact) mass is 273 g/mol. The predicted molar refractivity (Wildman–Crippen MR) is 55.5 cm³/mol. The van der Waals surface area contributed by atoms with Crippen LogP contribution in [0.1, 0.15) is 11.7 Å². The van der Waals surface area contributed by atoms with Crippen molar-refractivity contribution >= 4 is 11.9 Å². The lowest BCUT2D eigenvalue weighted by Crippen LogP contribution is -2.26. The fourth-order valence-corrected chi connectivity index (χ4v) is 1.24. The normalized spacial score (nSPS) is 13.2. The quantitative estimate of drug-likeness (QED) is 0.609. The molecule has 7 heteroatoms. The Morgan fingerprint density at radius 1 is 1.16 bits per heavy atom. The molecule has 1 aromatic carbocycles. The molecule has 0 aliphatic heterocycles. The molecule has 0 fully saturated rings. The van der Waals surface area contributed by atoms with Gasteiger partial charge in [0.25, 0.3) is 0 Å². The van der Waals surface area contributed by atoms with Gasteiger partial charge in [-0.15, -0.1) is 0 Å².